The number of hydrogen-bond donors (Lipinski definition) is 1. The van der Waals surface area contributed by atoms with E-state index in [-0.39, 0.29) is 11.4 Å². The molecule has 2 rings (SSSR count). The van der Waals surface area contributed by atoms with Crippen LogP contribution in [0, 0.1) is 26.2 Å². The Hall–Kier alpha value is -1.29. The van der Waals surface area contributed by atoms with Crippen molar-refractivity contribution in [3.8, 4) is 12.3 Å². The van der Waals surface area contributed by atoms with E-state index in [4.69, 9.17) is 10.8 Å². The molecular formula is C15H22N2O3S. The lowest BCUT2D eigenvalue weighted by Crippen LogP contribution is -2.32. The Labute approximate surface area is 126 Å². The van der Waals surface area contributed by atoms with Crippen LogP contribution in [-0.2, 0) is 16.6 Å². The van der Waals surface area contributed by atoms with Gasteiger partial charge in [0.25, 0.3) is 0 Å². The van der Waals surface area contributed by atoms with E-state index in [9.17, 15) is 8.42 Å². The van der Waals surface area contributed by atoms with Gasteiger partial charge in [0.15, 0.2) is 0 Å². The van der Waals surface area contributed by atoms with Gasteiger partial charge in [0, 0.05) is 24.7 Å². The maximum atomic E-state index is 12.8. The Bertz CT molecular complexity index is 651. The van der Waals surface area contributed by atoms with E-state index in [1.165, 1.54) is 4.31 Å². The number of sulfonamides is 1. The zero-order chi connectivity index (χ0) is 15.6. The fourth-order valence-electron chi connectivity index (χ4n) is 2.38. The number of rotatable bonds is 7. The van der Waals surface area contributed by atoms with Crippen molar-refractivity contribution in [2.24, 2.45) is 0 Å². The third kappa shape index (κ3) is 3.31. The molecule has 1 N–H and O–H groups in total. The number of terminal acetylenes is 1. The summed E-state index contributed by atoms with van der Waals surface area (Å²) in [6.45, 7) is 6.18. The van der Waals surface area contributed by atoms with Gasteiger partial charge in [0.2, 0.25) is 10.0 Å². The van der Waals surface area contributed by atoms with Crippen LogP contribution < -0.4 is 5.32 Å². The Balaban J connectivity index is 2.38. The molecule has 0 unspecified atom stereocenters. The van der Waals surface area contributed by atoms with E-state index in [1.54, 1.807) is 20.8 Å². The van der Waals surface area contributed by atoms with Crippen LogP contribution in [0.25, 0.3) is 0 Å². The van der Waals surface area contributed by atoms with Gasteiger partial charge >= 0.3 is 0 Å². The highest BCUT2D eigenvalue weighted by Gasteiger charge is 2.32. The summed E-state index contributed by atoms with van der Waals surface area (Å²) in [5, 5.41) is 3.35. The van der Waals surface area contributed by atoms with Gasteiger partial charge in [-0.05, 0) is 26.7 Å². The lowest BCUT2D eigenvalue weighted by Gasteiger charge is -2.18. The second-order valence-corrected chi connectivity index (χ2v) is 7.19. The minimum absolute atomic E-state index is 0.0675. The first-order chi connectivity index (χ1) is 9.91. The van der Waals surface area contributed by atoms with Gasteiger partial charge in [0.05, 0.1) is 6.54 Å². The molecule has 1 heterocycles. The van der Waals surface area contributed by atoms with Gasteiger partial charge in [-0.1, -0.05) is 12.8 Å². The van der Waals surface area contributed by atoms with Crippen molar-refractivity contribution in [1.29, 1.82) is 0 Å². The zero-order valence-corrected chi connectivity index (χ0v) is 13.6. The highest BCUT2D eigenvalue weighted by atomic mass is 32.2. The van der Waals surface area contributed by atoms with Gasteiger partial charge in [-0.2, -0.15) is 4.31 Å². The van der Waals surface area contributed by atoms with E-state index < -0.39 is 10.0 Å². The first-order valence-corrected chi connectivity index (χ1v) is 8.61. The molecule has 5 nitrogen and oxygen atoms in total. The molecule has 0 radical (unpaired) electrons. The van der Waals surface area contributed by atoms with E-state index in [0.29, 0.717) is 30.7 Å². The van der Waals surface area contributed by atoms with E-state index in [1.807, 2.05) is 0 Å². The molecule has 1 aromatic heterocycles. The summed E-state index contributed by atoms with van der Waals surface area (Å²) < 4.78 is 32.5. The molecule has 0 atom stereocenters. The lowest BCUT2D eigenvalue weighted by molar-refractivity contribution is 0.457. The minimum Gasteiger partial charge on any atom is -0.465 e. The third-order valence-corrected chi connectivity index (χ3v) is 5.80. The van der Waals surface area contributed by atoms with Crippen molar-refractivity contribution in [2.75, 3.05) is 13.1 Å². The molecule has 116 valence electrons. The number of hydrogen-bond acceptors (Lipinski definition) is 4. The fraction of sp³-hybridized carbons (Fsp3) is 0.600. The fourth-order valence-corrected chi connectivity index (χ4v) is 4.16. The van der Waals surface area contributed by atoms with E-state index in [2.05, 4.69) is 11.2 Å². The van der Waals surface area contributed by atoms with E-state index >= 15 is 0 Å². The Morgan fingerprint density at radius 1 is 1.38 bits per heavy atom. The predicted octanol–water partition coefficient (Wildman–Crippen LogP) is 1.79. The molecule has 1 fully saturated rings. The summed E-state index contributed by atoms with van der Waals surface area (Å²) in [6.07, 6.45) is 7.57. The van der Waals surface area contributed by atoms with E-state index in [0.717, 1.165) is 18.4 Å². The number of nitrogens with zero attached hydrogens (tertiary/aromatic N) is 1. The average molecular weight is 310 g/mol. The normalized spacial score (nSPS) is 15.4. The summed E-state index contributed by atoms with van der Waals surface area (Å²) in [4.78, 5) is 0.269. The van der Waals surface area contributed by atoms with Crippen molar-refractivity contribution in [3.63, 3.8) is 0 Å². The Morgan fingerprint density at radius 2 is 2.05 bits per heavy atom. The van der Waals surface area contributed by atoms with Gasteiger partial charge in [-0.15, -0.1) is 6.42 Å². The number of aryl methyl sites for hydroxylation is 2. The molecular weight excluding hydrogens is 288 g/mol. The molecule has 0 saturated heterocycles. The molecule has 0 bridgehead atoms. The highest BCUT2D eigenvalue weighted by molar-refractivity contribution is 7.89. The van der Waals surface area contributed by atoms with Crippen LogP contribution in [0.4, 0.5) is 0 Å². The van der Waals surface area contributed by atoms with Crippen LogP contribution >= 0.6 is 0 Å². The quantitative estimate of drug-likeness (QED) is 0.780. The first-order valence-electron chi connectivity index (χ1n) is 7.17. The van der Waals surface area contributed by atoms with Crippen LogP contribution in [0.15, 0.2) is 9.31 Å². The van der Waals surface area contributed by atoms with Crippen LogP contribution in [0.5, 0.6) is 0 Å². The standard InChI is InChI=1S/C15H22N2O3S/c1-5-9-17(6-2)21(18,19)15-12(4)20-11(3)14(15)10-16-13-7-8-13/h1,13,16H,6-10H2,2-4H3. The first kappa shape index (κ1) is 16.1. The predicted molar refractivity (Wildman–Crippen MR) is 81.3 cm³/mol. The molecule has 21 heavy (non-hydrogen) atoms. The van der Waals surface area contributed by atoms with Crippen molar-refractivity contribution in [3.05, 3.63) is 17.1 Å². The molecule has 0 spiro atoms. The second-order valence-electron chi connectivity index (χ2n) is 5.31. The number of nitrogens with one attached hydrogen (secondary N) is 1. The third-order valence-electron chi connectivity index (χ3n) is 3.69. The molecule has 1 aliphatic carbocycles. The van der Waals surface area contributed by atoms with Crippen LogP contribution in [0.3, 0.4) is 0 Å². The second kappa shape index (κ2) is 6.22. The Kier molecular flexibility index (Phi) is 4.77. The molecule has 0 amide bonds. The van der Waals surface area contributed by atoms with Crippen LogP contribution in [0.2, 0.25) is 0 Å². The molecule has 1 aliphatic rings. The van der Waals surface area contributed by atoms with Crippen LogP contribution in [-0.4, -0.2) is 31.9 Å². The van der Waals surface area contributed by atoms with Crippen molar-refractivity contribution < 1.29 is 12.8 Å². The summed E-state index contributed by atoms with van der Waals surface area (Å²) in [7, 11) is -3.62. The molecule has 1 saturated carbocycles. The lowest BCUT2D eigenvalue weighted by atomic mass is 10.2. The SMILES string of the molecule is C#CCN(CC)S(=O)(=O)c1c(C)oc(C)c1CNC1CC1. The summed E-state index contributed by atoms with van der Waals surface area (Å²) in [6, 6.07) is 0.503. The van der Waals surface area contributed by atoms with Crippen molar-refractivity contribution in [2.45, 2.75) is 51.1 Å². The maximum Gasteiger partial charge on any atom is 0.247 e. The molecule has 6 heteroatoms. The molecule has 1 aromatic rings. The summed E-state index contributed by atoms with van der Waals surface area (Å²) >= 11 is 0. The monoisotopic (exact) mass is 310 g/mol. The highest BCUT2D eigenvalue weighted by Crippen LogP contribution is 2.30. The molecule has 0 aromatic carbocycles. The molecule has 0 aliphatic heterocycles. The largest absolute Gasteiger partial charge is 0.465 e. The van der Waals surface area contributed by atoms with Gasteiger partial charge in [-0.25, -0.2) is 8.42 Å². The van der Waals surface area contributed by atoms with Gasteiger partial charge in [0.1, 0.15) is 16.4 Å². The van der Waals surface area contributed by atoms with Crippen LogP contribution in [0.1, 0.15) is 36.8 Å². The van der Waals surface area contributed by atoms with Gasteiger partial charge < -0.3 is 9.73 Å². The Morgan fingerprint density at radius 3 is 2.57 bits per heavy atom. The van der Waals surface area contributed by atoms with Gasteiger partial charge in [-0.3, -0.25) is 0 Å². The summed E-state index contributed by atoms with van der Waals surface area (Å²) in [5.41, 5.74) is 0.717. The zero-order valence-electron chi connectivity index (χ0n) is 12.8. The average Bonchev–Trinajstić information content (AvgIpc) is 3.19. The topological polar surface area (TPSA) is 62.6 Å². The van der Waals surface area contributed by atoms with Crippen molar-refractivity contribution in [1.82, 2.24) is 9.62 Å². The van der Waals surface area contributed by atoms with Crippen molar-refractivity contribution >= 4 is 10.0 Å². The smallest absolute Gasteiger partial charge is 0.247 e. The maximum absolute atomic E-state index is 12.8. The number of furan rings is 1. The summed E-state index contributed by atoms with van der Waals surface area (Å²) in [5.74, 6) is 3.48. The minimum atomic E-state index is -3.62.